The van der Waals surface area contributed by atoms with Crippen LogP contribution in [-0.4, -0.2) is 42.1 Å². The second-order valence-corrected chi connectivity index (χ2v) is 4.55. The quantitative estimate of drug-likeness (QED) is 0.780. The van der Waals surface area contributed by atoms with Crippen molar-refractivity contribution in [1.82, 2.24) is 15.3 Å². The van der Waals surface area contributed by atoms with Crippen molar-refractivity contribution in [3.63, 3.8) is 0 Å². The Morgan fingerprint density at radius 2 is 2.25 bits per heavy atom. The van der Waals surface area contributed by atoms with E-state index >= 15 is 0 Å². The second-order valence-electron chi connectivity index (χ2n) is 3.56. The van der Waals surface area contributed by atoms with Crippen molar-refractivity contribution < 1.29 is 0 Å². The molecule has 16 heavy (non-hydrogen) atoms. The molecule has 5 heteroatoms. The number of hydrogen-bond acceptors (Lipinski definition) is 5. The molecule has 1 heterocycles. The largest absolute Gasteiger partial charge is 0.358 e. The van der Waals surface area contributed by atoms with Gasteiger partial charge in [-0.3, -0.25) is 4.98 Å². The first-order chi connectivity index (χ1) is 7.77. The summed E-state index contributed by atoms with van der Waals surface area (Å²) in [6.07, 6.45) is 5.74. The van der Waals surface area contributed by atoms with Gasteiger partial charge in [0.15, 0.2) is 0 Å². The van der Waals surface area contributed by atoms with E-state index in [2.05, 4.69) is 40.4 Å². The first-order valence-corrected chi connectivity index (χ1v) is 6.89. The molecule has 90 valence electrons. The SMILES string of the molecule is CCNCc1cncc(N(C)CCSC)n1. The fraction of sp³-hybridized carbons (Fsp3) is 0.636. The van der Waals surface area contributed by atoms with Crippen LogP contribution in [-0.2, 0) is 6.54 Å². The van der Waals surface area contributed by atoms with Gasteiger partial charge in [0.2, 0.25) is 0 Å². The monoisotopic (exact) mass is 240 g/mol. The van der Waals surface area contributed by atoms with E-state index in [-0.39, 0.29) is 0 Å². The maximum Gasteiger partial charge on any atom is 0.147 e. The van der Waals surface area contributed by atoms with E-state index in [1.54, 1.807) is 0 Å². The van der Waals surface area contributed by atoms with Gasteiger partial charge in [0.1, 0.15) is 5.82 Å². The number of nitrogens with zero attached hydrogens (tertiary/aromatic N) is 3. The number of aromatic nitrogens is 2. The second kappa shape index (κ2) is 7.46. The average molecular weight is 240 g/mol. The summed E-state index contributed by atoms with van der Waals surface area (Å²) in [5.41, 5.74) is 0.996. The maximum atomic E-state index is 4.55. The fourth-order valence-corrected chi connectivity index (χ4v) is 1.72. The molecular weight excluding hydrogens is 220 g/mol. The van der Waals surface area contributed by atoms with Gasteiger partial charge in [-0.05, 0) is 12.8 Å². The molecule has 1 N–H and O–H groups in total. The van der Waals surface area contributed by atoms with Crippen molar-refractivity contribution >= 4 is 17.6 Å². The molecule has 1 rings (SSSR count). The van der Waals surface area contributed by atoms with E-state index in [0.717, 1.165) is 36.9 Å². The Kier molecular flexibility index (Phi) is 6.18. The van der Waals surface area contributed by atoms with Crippen LogP contribution < -0.4 is 10.2 Å². The summed E-state index contributed by atoms with van der Waals surface area (Å²) in [7, 11) is 2.05. The molecule has 0 spiro atoms. The summed E-state index contributed by atoms with van der Waals surface area (Å²) in [4.78, 5) is 10.9. The Hall–Kier alpha value is -0.810. The molecule has 1 aromatic rings. The number of rotatable bonds is 7. The normalized spacial score (nSPS) is 10.4. The van der Waals surface area contributed by atoms with Gasteiger partial charge in [-0.25, -0.2) is 4.98 Å². The third kappa shape index (κ3) is 4.37. The van der Waals surface area contributed by atoms with Crippen LogP contribution in [0.5, 0.6) is 0 Å². The highest BCUT2D eigenvalue weighted by atomic mass is 32.2. The van der Waals surface area contributed by atoms with Gasteiger partial charge >= 0.3 is 0 Å². The van der Waals surface area contributed by atoms with Crippen molar-refractivity contribution in [2.75, 3.05) is 37.0 Å². The standard InChI is InChI=1S/C11H20N4S/c1-4-12-7-10-8-13-9-11(14-10)15(2)5-6-16-3/h8-9,12H,4-7H2,1-3H3. The number of thioether (sulfide) groups is 1. The van der Waals surface area contributed by atoms with E-state index in [0.29, 0.717) is 0 Å². The molecule has 0 saturated carbocycles. The lowest BCUT2D eigenvalue weighted by Crippen LogP contribution is -2.22. The number of hydrogen-bond donors (Lipinski definition) is 1. The topological polar surface area (TPSA) is 41.1 Å². The smallest absolute Gasteiger partial charge is 0.147 e. The molecule has 4 nitrogen and oxygen atoms in total. The molecule has 0 fully saturated rings. The first-order valence-electron chi connectivity index (χ1n) is 5.49. The van der Waals surface area contributed by atoms with Crippen LogP contribution in [0.15, 0.2) is 12.4 Å². The van der Waals surface area contributed by atoms with Gasteiger partial charge < -0.3 is 10.2 Å². The average Bonchev–Trinajstić information content (AvgIpc) is 2.33. The molecular formula is C11H20N4S. The molecule has 1 aromatic heterocycles. The minimum Gasteiger partial charge on any atom is -0.358 e. The summed E-state index contributed by atoms with van der Waals surface area (Å²) >= 11 is 1.84. The Labute approximate surface area is 102 Å². The third-order valence-corrected chi connectivity index (χ3v) is 2.84. The Bertz CT molecular complexity index is 306. The van der Waals surface area contributed by atoms with Crippen LogP contribution in [0.25, 0.3) is 0 Å². The van der Waals surface area contributed by atoms with E-state index in [4.69, 9.17) is 0 Å². The maximum absolute atomic E-state index is 4.55. The van der Waals surface area contributed by atoms with Crippen molar-refractivity contribution in [1.29, 1.82) is 0 Å². The zero-order valence-electron chi connectivity index (χ0n) is 10.2. The Balaban J connectivity index is 2.58. The van der Waals surface area contributed by atoms with Crippen LogP contribution in [0.3, 0.4) is 0 Å². The van der Waals surface area contributed by atoms with Gasteiger partial charge in [0.05, 0.1) is 11.9 Å². The summed E-state index contributed by atoms with van der Waals surface area (Å²) in [6.45, 7) is 4.82. The summed E-state index contributed by atoms with van der Waals surface area (Å²) in [5.74, 6) is 2.06. The Morgan fingerprint density at radius 1 is 1.44 bits per heavy atom. The van der Waals surface area contributed by atoms with Gasteiger partial charge in [-0.1, -0.05) is 6.92 Å². The van der Waals surface area contributed by atoms with Crippen LogP contribution in [0.2, 0.25) is 0 Å². The van der Waals surface area contributed by atoms with Crippen LogP contribution in [0.1, 0.15) is 12.6 Å². The molecule has 0 aromatic carbocycles. The van der Waals surface area contributed by atoms with E-state index < -0.39 is 0 Å². The predicted molar refractivity (Wildman–Crippen MR) is 71.1 cm³/mol. The number of anilines is 1. The third-order valence-electron chi connectivity index (χ3n) is 2.25. The zero-order valence-corrected chi connectivity index (χ0v) is 11.0. The van der Waals surface area contributed by atoms with Crippen LogP contribution >= 0.6 is 11.8 Å². The summed E-state index contributed by atoms with van der Waals surface area (Å²) in [5, 5.41) is 3.25. The van der Waals surface area contributed by atoms with Crippen molar-refractivity contribution in [2.45, 2.75) is 13.5 Å². The molecule has 0 atom stereocenters. The molecule has 0 unspecified atom stereocenters. The summed E-state index contributed by atoms with van der Waals surface area (Å²) < 4.78 is 0. The molecule has 0 saturated heterocycles. The minimum absolute atomic E-state index is 0.785. The van der Waals surface area contributed by atoms with Gasteiger partial charge in [-0.15, -0.1) is 0 Å². The molecule has 0 radical (unpaired) electrons. The van der Waals surface area contributed by atoms with E-state index in [9.17, 15) is 0 Å². The highest BCUT2D eigenvalue weighted by Gasteiger charge is 2.03. The van der Waals surface area contributed by atoms with Gasteiger partial charge in [-0.2, -0.15) is 11.8 Å². The number of nitrogens with one attached hydrogen (secondary N) is 1. The molecule has 0 aliphatic carbocycles. The molecule has 0 aliphatic rings. The minimum atomic E-state index is 0.785. The van der Waals surface area contributed by atoms with Crippen molar-refractivity contribution in [3.8, 4) is 0 Å². The predicted octanol–water partition coefficient (Wildman–Crippen LogP) is 1.39. The summed E-state index contributed by atoms with van der Waals surface area (Å²) in [6, 6.07) is 0. The van der Waals surface area contributed by atoms with Gasteiger partial charge in [0.25, 0.3) is 0 Å². The first kappa shape index (κ1) is 13.3. The van der Waals surface area contributed by atoms with Crippen molar-refractivity contribution in [3.05, 3.63) is 18.1 Å². The van der Waals surface area contributed by atoms with E-state index in [1.807, 2.05) is 24.2 Å². The Morgan fingerprint density at radius 3 is 2.94 bits per heavy atom. The molecule has 0 aliphatic heterocycles. The van der Waals surface area contributed by atoms with Crippen molar-refractivity contribution in [2.24, 2.45) is 0 Å². The molecule has 0 bridgehead atoms. The lowest BCUT2D eigenvalue weighted by molar-refractivity contribution is 0.705. The highest BCUT2D eigenvalue weighted by Crippen LogP contribution is 2.08. The fourth-order valence-electron chi connectivity index (χ4n) is 1.26. The zero-order chi connectivity index (χ0) is 11.8. The lowest BCUT2D eigenvalue weighted by atomic mass is 10.4. The lowest BCUT2D eigenvalue weighted by Gasteiger charge is -2.17. The van der Waals surface area contributed by atoms with E-state index in [1.165, 1.54) is 0 Å². The van der Waals surface area contributed by atoms with Crippen LogP contribution in [0.4, 0.5) is 5.82 Å². The van der Waals surface area contributed by atoms with Crippen LogP contribution in [0, 0.1) is 0 Å². The highest BCUT2D eigenvalue weighted by molar-refractivity contribution is 7.98. The van der Waals surface area contributed by atoms with Gasteiger partial charge in [0, 0.05) is 32.1 Å². The molecule has 0 amide bonds.